The molecular formula is C26H23NO6S. The Kier molecular flexibility index (Phi) is 6.54. The summed E-state index contributed by atoms with van der Waals surface area (Å²) < 4.78 is 40.8. The lowest BCUT2D eigenvalue weighted by Gasteiger charge is -2.12. The number of carbonyl (C=O) groups is 1. The highest BCUT2D eigenvalue weighted by atomic mass is 32.2. The Morgan fingerprint density at radius 2 is 1.68 bits per heavy atom. The third kappa shape index (κ3) is 4.88. The number of nitrogens with two attached hydrogens (primary N) is 1. The second-order valence-corrected chi connectivity index (χ2v) is 9.11. The van der Waals surface area contributed by atoms with Crippen molar-refractivity contribution in [2.45, 2.75) is 18.4 Å². The number of ketones is 1. The van der Waals surface area contributed by atoms with Gasteiger partial charge in [-0.25, -0.2) is 13.6 Å². The normalized spacial score (nSPS) is 11.3. The monoisotopic (exact) mass is 477 g/mol. The van der Waals surface area contributed by atoms with Crippen LogP contribution in [0.2, 0.25) is 0 Å². The van der Waals surface area contributed by atoms with E-state index in [-0.39, 0.29) is 22.8 Å². The van der Waals surface area contributed by atoms with Gasteiger partial charge in [0.05, 0.1) is 12.0 Å². The highest BCUT2D eigenvalue weighted by molar-refractivity contribution is 7.89. The van der Waals surface area contributed by atoms with E-state index >= 15 is 0 Å². The molecule has 0 fully saturated rings. The van der Waals surface area contributed by atoms with Gasteiger partial charge in [-0.1, -0.05) is 42.5 Å². The van der Waals surface area contributed by atoms with Crippen molar-refractivity contribution in [1.29, 1.82) is 0 Å². The van der Waals surface area contributed by atoms with Crippen LogP contribution in [0.5, 0.6) is 11.5 Å². The smallest absolute Gasteiger partial charge is 0.238 e. The lowest BCUT2D eigenvalue weighted by Crippen LogP contribution is -2.16. The Morgan fingerprint density at radius 1 is 0.971 bits per heavy atom. The molecule has 0 saturated carbocycles. The van der Waals surface area contributed by atoms with Crippen molar-refractivity contribution in [1.82, 2.24) is 0 Å². The van der Waals surface area contributed by atoms with Gasteiger partial charge in [0.2, 0.25) is 15.8 Å². The molecule has 1 heterocycles. The Morgan fingerprint density at radius 3 is 2.38 bits per heavy atom. The summed E-state index contributed by atoms with van der Waals surface area (Å²) in [7, 11) is -2.47. The van der Waals surface area contributed by atoms with Crippen molar-refractivity contribution in [2.24, 2.45) is 5.14 Å². The van der Waals surface area contributed by atoms with E-state index in [0.717, 1.165) is 11.1 Å². The maximum absolute atomic E-state index is 12.9. The zero-order valence-corrected chi connectivity index (χ0v) is 19.5. The van der Waals surface area contributed by atoms with Crippen LogP contribution in [0.15, 0.2) is 88.2 Å². The van der Waals surface area contributed by atoms with Crippen molar-refractivity contribution in [3.05, 3.63) is 102 Å². The molecule has 0 spiro atoms. The molecule has 2 N–H and O–H groups in total. The molecule has 0 radical (unpaired) electrons. The summed E-state index contributed by atoms with van der Waals surface area (Å²) in [5.74, 6) is 1.18. The van der Waals surface area contributed by atoms with E-state index in [2.05, 4.69) is 0 Å². The molecule has 0 saturated heterocycles. The van der Waals surface area contributed by atoms with E-state index in [1.165, 1.54) is 18.2 Å². The number of sulfonamides is 1. The molecular weight excluding hydrogens is 454 g/mol. The van der Waals surface area contributed by atoms with E-state index in [1.54, 1.807) is 32.2 Å². The predicted octanol–water partition coefficient (Wildman–Crippen LogP) is 4.72. The van der Waals surface area contributed by atoms with Crippen molar-refractivity contribution in [3.63, 3.8) is 0 Å². The van der Waals surface area contributed by atoms with Crippen molar-refractivity contribution in [3.8, 4) is 22.6 Å². The topological polar surface area (TPSA) is 109 Å². The number of furan rings is 1. The summed E-state index contributed by atoms with van der Waals surface area (Å²) in [6, 6.07) is 22.7. The van der Waals surface area contributed by atoms with Crippen LogP contribution < -0.4 is 14.6 Å². The van der Waals surface area contributed by atoms with Crippen LogP contribution in [0, 0.1) is 6.92 Å². The van der Waals surface area contributed by atoms with Gasteiger partial charge in [-0.2, -0.15) is 0 Å². The highest BCUT2D eigenvalue weighted by Gasteiger charge is 2.23. The highest BCUT2D eigenvalue weighted by Crippen LogP contribution is 2.33. The third-order valence-corrected chi connectivity index (χ3v) is 6.30. The molecule has 0 aliphatic heterocycles. The quantitative estimate of drug-likeness (QED) is 0.368. The summed E-state index contributed by atoms with van der Waals surface area (Å²) in [6.45, 7) is 1.85. The second kappa shape index (κ2) is 9.54. The minimum atomic E-state index is -4.07. The standard InChI is InChI=1S/C26H23NO6S/c1-17-19(14-24(33-17)26(28)22-10-6-7-11-25(22)34(27,29)30)16-32-20-12-13-21(23(15-20)31-2)18-8-4-3-5-9-18/h3-15H,16H2,1-2H3,(H2,27,29,30). The molecule has 3 aromatic carbocycles. The van der Waals surface area contributed by atoms with Crippen LogP contribution in [-0.2, 0) is 16.6 Å². The maximum atomic E-state index is 12.9. The van der Waals surface area contributed by atoms with Gasteiger partial charge in [-0.3, -0.25) is 4.79 Å². The fourth-order valence-electron chi connectivity index (χ4n) is 3.59. The number of rotatable bonds is 8. The van der Waals surface area contributed by atoms with Crippen LogP contribution in [0.25, 0.3) is 11.1 Å². The van der Waals surface area contributed by atoms with Crippen LogP contribution in [0.3, 0.4) is 0 Å². The molecule has 1 aromatic heterocycles. The summed E-state index contributed by atoms with van der Waals surface area (Å²) >= 11 is 0. The number of methoxy groups -OCH3 is 1. The fraction of sp³-hybridized carbons (Fsp3) is 0.115. The molecule has 0 amide bonds. The van der Waals surface area contributed by atoms with Crippen LogP contribution >= 0.6 is 0 Å². The molecule has 0 bridgehead atoms. The van der Waals surface area contributed by atoms with Gasteiger partial charge >= 0.3 is 0 Å². The maximum Gasteiger partial charge on any atom is 0.238 e. The van der Waals surface area contributed by atoms with E-state index in [1.807, 2.05) is 42.5 Å². The fourth-order valence-corrected chi connectivity index (χ4v) is 4.32. The van der Waals surface area contributed by atoms with E-state index < -0.39 is 15.8 Å². The molecule has 0 aliphatic carbocycles. The number of hydrogen-bond acceptors (Lipinski definition) is 6. The van der Waals surface area contributed by atoms with Crippen LogP contribution in [-0.4, -0.2) is 21.3 Å². The molecule has 4 rings (SSSR count). The largest absolute Gasteiger partial charge is 0.496 e. The summed E-state index contributed by atoms with van der Waals surface area (Å²) in [4.78, 5) is 12.7. The first-order valence-corrected chi connectivity index (χ1v) is 11.9. The molecule has 0 aliphatic rings. The SMILES string of the molecule is COc1cc(OCc2cc(C(=O)c3ccccc3S(N)(=O)=O)oc2C)ccc1-c1ccccc1. The van der Waals surface area contributed by atoms with Crippen LogP contribution in [0.1, 0.15) is 27.4 Å². The average Bonchev–Trinajstić information content (AvgIpc) is 3.22. The molecule has 174 valence electrons. The molecule has 7 nitrogen and oxygen atoms in total. The number of ether oxygens (including phenoxy) is 2. The molecule has 0 atom stereocenters. The number of primary sulfonamides is 1. The lowest BCUT2D eigenvalue weighted by atomic mass is 10.0. The zero-order valence-electron chi connectivity index (χ0n) is 18.6. The Labute approximate surface area is 197 Å². The van der Waals surface area contributed by atoms with Crippen molar-refractivity contribution >= 4 is 15.8 Å². The number of carbonyl (C=O) groups excluding carboxylic acids is 1. The average molecular weight is 478 g/mol. The van der Waals surface area contributed by atoms with Gasteiger partial charge in [-0.05, 0) is 42.8 Å². The third-order valence-electron chi connectivity index (χ3n) is 5.33. The minimum absolute atomic E-state index is 0.00389. The first-order valence-electron chi connectivity index (χ1n) is 10.4. The zero-order chi connectivity index (χ0) is 24.3. The summed E-state index contributed by atoms with van der Waals surface area (Å²) in [5, 5.41) is 5.25. The number of benzene rings is 3. The van der Waals surface area contributed by atoms with Gasteiger partial charge in [0.1, 0.15) is 23.9 Å². The van der Waals surface area contributed by atoms with Gasteiger partial charge in [0.25, 0.3) is 0 Å². The Bertz CT molecular complexity index is 1440. The van der Waals surface area contributed by atoms with E-state index in [0.29, 0.717) is 22.8 Å². The van der Waals surface area contributed by atoms with Gasteiger partial charge in [0.15, 0.2) is 5.76 Å². The Balaban J connectivity index is 1.54. The van der Waals surface area contributed by atoms with E-state index in [9.17, 15) is 13.2 Å². The number of aryl methyl sites for hydroxylation is 1. The minimum Gasteiger partial charge on any atom is -0.496 e. The molecule has 8 heteroatoms. The lowest BCUT2D eigenvalue weighted by molar-refractivity contribution is 0.100. The number of hydrogen-bond donors (Lipinski definition) is 1. The predicted molar refractivity (Wildman–Crippen MR) is 127 cm³/mol. The summed E-state index contributed by atoms with van der Waals surface area (Å²) in [6.07, 6.45) is 0. The van der Waals surface area contributed by atoms with Crippen LogP contribution in [0.4, 0.5) is 0 Å². The Hall–Kier alpha value is -3.88. The van der Waals surface area contributed by atoms with Crippen molar-refractivity contribution < 1.29 is 27.1 Å². The summed E-state index contributed by atoms with van der Waals surface area (Å²) in [5.41, 5.74) is 2.57. The van der Waals surface area contributed by atoms with E-state index in [4.69, 9.17) is 19.0 Å². The molecule has 4 aromatic rings. The van der Waals surface area contributed by atoms with Crippen molar-refractivity contribution in [2.75, 3.05) is 7.11 Å². The first-order chi connectivity index (χ1) is 16.3. The first kappa shape index (κ1) is 23.3. The second-order valence-electron chi connectivity index (χ2n) is 7.58. The van der Waals surface area contributed by atoms with Gasteiger partial charge in [-0.15, -0.1) is 0 Å². The van der Waals surface area contributed by atoms with Gasteiger partial charge < -0.3 is 13.9 Å². The molecule has 34 heavy (non-hydrogen) atoms. The molecule has 0 unspecified atom stereocenters. The van der Waals surface area contributed by atoms with Gasteiger partial charge in [0, 0.05) is 22.8 Å².